The molecular weight excluding hydrogens is 253 g/mol. The van der Waals surface area contributed by atoms with Gasteiger partial charge in [0.25, 0.3) is 0 Å². The van der Waals surface area contributed by atoms with Crippen molar-refractivity contribution in [3.63, 3.8) is 0 Å². The van der Waals surface area contributed by atoms with Crippen LogP contribution in [0.4, 0.5) is 0 Å². The third kappa shape index (κ3) is 4.74. The molecule has 1 aliphatic rings. The average Bonchev–Trinajstić information content (AvgIpc) is 1.84. The SMILES string of the molecule is C[C]1([Zr+2])C=CC=P1.[Cl-].[Cl-]. The minimum Gasteiger partial charge on any atom is -1.00 e. The molecule has 1 aliphatic heterocycles. The van der Waals surface area contributed by atoms with Crippen LogP contribution in [0, 0.1) is 0 Å². The van der Waals surface area contributed by atoms with Crippen molar-refractivity contribution < 1.29 is 49.5 Å². The summed E-state index contributed by atoms with van der Waals surface area (Å²) in [5.41, 5.74) is 0. The van der Waals surface area contributed by atoms with Crippen LogP contribution in [-0.4, -0.2) is 8.66 Å². The van der Waals surface area contributed by atoms with Crippen molar-refractivity contribution in [1.29, 1.82) is 0 Å². The molecule has 0 aromatic rings. The Kier molecular flexibility index (Phi) is 7.34. The van der Waals surface area contributed by atoms with Gasteiger partial charge in [0.05, 0.1) is 0 Å². The van der Waals surface area contributed by atoms with Crippen molar-refractivity contribution in [1.82, 2.24) is 0 Å². The van der Waals surface area contributed by atoms with Gasteiger partial charge in [-0.3, -0.25) is 0 Å². The molecule has 1 rings (SSSR count). The Morgan fingerprint density at radius 3 is 2.11 bits per heavy atom. The Morgan fingerprint density at radius 2 is 2.00 bits per heavy atom. The Labute approximate surface area is 85.0 Å². The second-order valence-electron chi connectivity index (χ2n) is 1.78. The average molecular weight is 259 g/mol. The number of hydrogen-bond donors (Lipinski definition) is 0. The molecule has 0 radical (unpaired) electrons. The zero-order valence-electron chi connectivity index (χ0n) is 4.94. The van der Waals surface area contributed by atoms with Crippen molar-refractivity contribution >= 4 is 14.0 Å². The second kappa shape index (κ2) is 5.08. The monoisotopic (exact) mass is 257 g/mol. The Bertz CT molecular complexity index is 117. The molecule has 0 fully saturated rings. The van der Waals surface area contributed by atoms with Crippen LogP contribution >= 0.6 is 8.20 Å². The first-order valence-electron chi connectivity index (χ1n) is 2.19. The Hall–Kier alpha value is 1.37. The number of rotatable bonds is 0. The third-order valence-corrected chi connectivity index (χ3v) is 3.22. The summed E-state index contributed by atoms with van der Waals surface area (Å²) in [6.45, 7) is 2.27. The standard InChI is InChI=1S/C5H6P.2ClH.Zr/c1-5-3-2-4-6-5;;;/h2-4H,1H3;2*1H;/q;;;+2/p-2. The van der Waals surface area contributed by atoms with E-state index in [-0.39, 0.29) is 24.8 Å². The van der Waals surface area contributed by atoms with Crippen molar-refractivity contribution in [2.45, 2.75) is 9.79 Å². The van der Waals surface area contributed by atoms with Gasteiger partial charge in [0.2, 0.25) is 0 Å². The first-order valence-corrected chi connectivity index (χ1v) is 4.38. The first-order chi connectivity index (χ1) is 3.21. The Morgan fingerprint density at radius 1 is 1.44 bits per heavy atom. The summed E-state index contributed by atoms with van der Waals surface area (Å²) >= 11 is 1.62. The minimum atomic E-state index is 0. The number of allylic oxidation sites excluding steroid dienone is 2. The maximum atomic E-state index is 2.27. The zero-order valence-corrected chi connectivity index (χ0v) is 9.80. The number of hydrogen-bond acceptors (Lipinski definition) is 0. The molecule has 1 atom stereocenters. The van der Waals surface area contributed by atoms with E-state index in [4.69, 9.17) is 0 Å². The second-order valence-corrected chi connectivity index (χ2v) is 6.86. The van der Waals surface area contributed by atoms with E-state index in [2.05, 4.69) is 24.9 Å². The van der Waals surface area contributed by atoms with E-state index < -0.39 is 0 Å². The smallest absolute Gasteiger partial charge is 1.00 e. The molecule has 0 aliphatic carbocycles. The molecule has 0 saturated heterocycles. The molecule has 9 heavy (non-hydrogen) atoms. The maximum absolute atomic E-state index is 2.27. The summed E-state index contributed by atoms with van der Waals surface area (Å²) in [6, 6.07) is 0. The quantitative estimate of drug-likeness (QED) is 0.385. The summed E-state index contributed by atoms with van der Waals surface area (Å²) in [7, 11) is 1.47. The molecule has 1 unspecified atom stereocenters. The van der Waals surface area contributed by atoms with Gasteiger partial charge in [-0.2, -0.15) is 0 Å². The Balaban J connectivity index is 0. The normalized spacial score (nSPS) is 31.0. The van der Waals surface area contributed by atoms with E-state index in [9.17, 15) is 0 Å². The molecule has 0 bridgehead atoms. The summed E-state index contributed by atoms with van der Waals surface area (Å²) in [4.78, 5) is 0. The van der Waals surface area contributed by atoms with E-state index in [1.54, 1.807) is 24.7 Å². The topological polar surface area (TPSA) is 0 Å². The van der Waals surface area contributed by atoms with Crippen molar-refractivity contribution in [2.75, 3.05) is 0 Å². The molecule has 4 heteroatoms. The predicted molar refractivity (Wildman–Crippen MR) is 30.5 cm³/mol. The molecule has 0 aromatic heterocycles. The molecule has 0 amide bonds. The van der Waals surface area contributed by atoms with Gasteiger partial charge in [-0.25, -0.2) is 0 Å². The molecular formula is C5H6Cl2PZr. The molecule has 1 heterocycles. The fraction of sp³-hybridized carbons (Fsp3) is 0.400. The largest absolute Gasteiger partial charge is 1.00 e. The van der Waals surface area contributed by atoms with E-state index >= 15 is 0 Å². The fourth-order valence-corrected chi connectivity index (χ4v) is 1.91. The summed E-state index contributed by atoms with van der Waals surface area (Å²) < 4.78 is 0.521. The first kappa shape index (κ1) is 13.0. The van der Waals surface area contributed by atoms with Crippen molar-refractivity contribution in [3.8, 4) is 0 Å². The van der Waals surface area contributed by atoms with Gasteiger partial charge < -0.3 is 24.8 Å². The minimum absolute atomic E-state index is 0. The van der Waals surface area contributed by atoms with Crippen LogP contribution < -0.4 is 24.8 Å². The van der Waals surface area contributed by atoms with Gasteiger partial charge in [-0.15, -0.1) is 0 Å². The van der Waals surface area contributed by atoms with Gasteiger partial charge in [0, 0.05) is 0 Å². The van der Waals surface area contributed by atoms with Gasteiger partial charge in [0.1, 0.15) is 0 Å². The molecule has 0 nitrogen and oxygen atoms in total. The van der Waals surface area contributed by atoms with Crippen LogP contribution in [-0.2, 0) is 24.7 Å². The molecule has 0 spiro atoms. The fourth-order valence-electron chi connectivity index (χ4n) is 0.471. The van der Waals surface area contributed by atoms with Crippen LogP contribution in [0.1, 0.15) is 6.92 Å². The van der Waals surface area contributed by atoms with E-state index in [0.717, 1.165) is 0 Å². The van der Waals surface area contributed by atoms with Crippen molar-refractivity contribution in [2.24, 2.45) is 0 Å². The molecule has 0 N–H and O–H groups in total. The summed E-state index contributed by atoms with van der Waals surface area (Å²) in [5.74, 6) is 2.20. The van der Waals surface area contributed by atoms with E-state index in [1.807, 2.05) is 0 Å². The van der Waals surface area contributed by atoms with Crippen LogP contribution in [0.3, 0.4) is 0 Å². The van der Waals surface area contributed by atoms with E-state index in [0.29, 0.717) is 2.86 Å². The van der Waals surface area contributed by atoms with Gasteiger partial charge >= 0.3 is 60.7 Å². The van der Waals surface area contributed by atoms with Gasteiger partial charge in [-0.1, -0.05) is 0 Å². The van der Waals surface area contributed by atoms with Gasteiger partial charge in [-0.05, 0) is 0 Å². The summed E-state index contributed by atoms with van der Waals surface area (Å²) in [5, 5.41) is 0. The molecule has 49 valence electrons. The zero-order chi connectivity index (χ0) is 5.33. The van der Waals surface area contributed by atoms with Crippen molar-refractivity contribution in [3.05, 3.63) is 12.2 Å². The van der Waals surface area contributed by atoms with E-state index in [1.165, 1.54) is 8.20 Å². The van der Waals surface area contributed by atoms with Crippen LogP contribution in [0.15, 0.2) is 12.2 Å². The van der Waals surface area contributed by atoms with Crippen LogP contribution in [0.5, 0.6) is 0 Å². The third-order valence-electron chi connectivity index (χ3n) is 0.850. The van der Waals surface area contributed by atoms with Gasteiger partial charge in [0.15, 0.2) is 0 Å². The van der Waals surface area contributed by atoms with Crippen LogP contribution in [0.2, 0.25) is 0 Å². The number of halogens is 2. The summed E-state index contributed by atoms with van der Waals surface area (Å²) in [6.07, 6.45) is 4.42. The molecule has 0 aromatic carbocycles. The maximum Gasteiger partial charge on any atom is -1.00 e. The molecule has 0 saturated carbocycles. The predicted octanol–water partition coefficient (Wildman–Crippen LogP) is -4.42. The van der Waals surface area contributed by atoms with Crippen LogP contribution in [0.25, 0.3) is 0 Å².